The summed E-state index contributed by atoms with van der Waals surface area (Å²) in [5, 5.41) is 12.7. The first-order chi connectivity index (χ1) is 9.16. The molecule has 0 radical (unpaired) electrons. The van der Waals surface area contributed by atoms with Gasteiger partial charge in [0.2, 0.25) is 0 Å². The van der Waals surface area contributed by atoms with E-state index < -0.39 is 0 Å². The summed E-state index contributed by atoms with van der Waals surface area (Å²) in [6.07, 6.45) is 0. The Hall–Kier alpha value is -1.10. The molecule has 0 bridgehead atoms. The molecule has 1 aliphatic heterocycles. The summed E-state index contributed by atoms with van der Waals surface area (Å²) >= 11 is 0. The fourth-order valence-corrected chi connectivity index (χ4v) is 2.43. The number of hydrogen-bond donors (Lipinski definition) is 2. The van der Waals surface area contributed by atoms with Gasteiger partial charge in [-0.15, -0.1) is 0 Å². The Kier molecular flexibility index (Phi) is 5.19. The number of likely N-dealkylation sites (N-methyl/N-ethyl adjacent to an activating group) is 1. The van der Waals surface area contributed by atoms with E-state index in [0.717, 1.165) is 39.3 Å². The highest BCUT2D eigenvalue weighted by Crippen LogP contribution is 2.20. The van der Waals surface area contributed by atoms with Crippen LogP contribution in [0, 0.1) is 0 Å². The minimum absolute atomic E-state index is 0.333. The monoisotopic (exact) mass is 263 g/mol. The molecule has 2 N–H and O–H groups in total. The van der Waals surface area contributed by atoms with Crippen LogP contribution in [0.4, 0.5) is 0 Å². The van der Waals surface area contributed by atoms with Gasteiger partial charge in [-0.1, -0.05) is 12.1 Å². The summed E-state index contributed by atoms with van der Waals surface area (Å²) in [5.41, 5.74) is 1.25. The lowest BCUT2D eigenvalue weighted by Gasteiger charge is -2.31. The maximum atomic E-state index is 9.32. The van der Waals surface area contributed by atoms with Gasteiger partial charge < -0.3 is 10.4 Å². The lowest BCUT2D eigenvalue weighted by molar-refractivity contribution is 0.183. The van der Waals surface area contributed by atoms with Crippen molar-refractivity contribution in [3.63, 3.8) is 0 Å². The van der Waals surface area contributed by atoms with Gasteiger partial charge in [0, 0.05) is 45.3 Å². The Balaban J connectivity index is 1.81. The molecular weight excluding hydrogens is 238 g/mol. The number of hydrogen-bond acceptors (Lipinski definition) is 4. The Morgan fingerprint density at radius 3 is 2.53 bits per heavy atom. The number of phenols is 1. The van der Waals surface area contributed by atoms with E-state index in [1.807, 2.05) is 12.1 Å². The number of nitrogens with zero attached hydrogens (tertiary/aromatic N) is 2. The average molecular weight is 263 g/mol. The second-order valence-corrected chi connectivity index (χ2v) is 5.34. The predicted molar refractivity (Wildman–Crippen MR) is 78.5 cm³/mol. The minimum atomic E-state index is 0.333. The molecule has 1 aliphatic rings. The lowest BCUT2D eigenvalue weighted by Crippen LogP contribution is -2.46. The summed E-state index contributed by atoms with van der Waals surface area (Å²) in [6, 6.07) is 7.90. The number of benzene rings is 1. The molecule has 1 heterocycles. The maximum absolute atomic E-state index is 9.32. The van der Waals surface area contributed by atoms with Crippen LogP contribution in [0.15, 0.2) is 24.3 Å². The molecule has 1 atom stereocenters. The maximum Gasteiger partial charge on any atom is 0.115 e. The van der Waals surface area contributed by atoms with E-state index in [1.54, 1.807) is 12.1 Å². The van der Waals surface area contributed by atoms with E-state index in [-0.39, 0.29) is 0 Å². The van der Waals surface area contributed by atoms with E-state index >= 15 is 0 Å². The van der Waals surface area contributed by atoms with Gasteiger partial charge in [-0.2, -0.15) is 0 Å². The molecule has 19 heavy (non-hydrogen) atoms. The minimum Gasteiger partial charge on any atom is -0.508 e. The molecule has 0 aromatic heterocycles. The molecular formula is C15H25N3O. The van der Waals surface area contributed by atoms with E-state index in [1.165, 1.54) is 5.56 Å². The second-order valence-electron chi connectivity index (χ2n) is 5.34. The first-order valence-corrected chi connectivity index (χ1v) is 7.09. The zero-order chi connectivity index (χ0) is 13.7. The Labute approximate surface area is 116 Å². The highest BCUT2D eigenvalue weighted by molar-refractivity contribution is 5.27. The van der Waals surface area contributed by atoms with Gasteiger partial charge >= 0.3 is 0 Å². The third-order valence-electron chi connectivity index (χ3n) is 4.02. The Morgan fingerprint density at radius 2 is 1.89 bits per heavy atom. The van der Waals surface area contributed by atoms with Gasteiger partial charge in [0.15, 0.2) is 0 Å². The number of phenolic OH excluding ortho intramolecular Hbond substituents is 1. The van der Waals surface area contributed by atoms with Crippen molar-refractivity contribution >= 4 is 0 Å². The zero-order valence-corrected chi connectivity index (χ0v) is 12.0. The molecule has 1 fully saturated rings. The van der Waals surface area contributed by atoms with Crippen LogP contribution >= 0.6 is 0 Å². The fourth-order valence-electron chi connectivity index (χ4n) is 2.43. The Morgan fingerprint density at radius 1 is 1.26 bits per heavy atom. The molecule has 1 aromatic carbocycles. The molecule has 106 valence electrons. The highest BCUT2D eigenvalue weighted by atomic mass is 16.3. The molecule has 0 aliphatic carbocycles. The van der Waals surface area contributed by atoms with E-state index in [9.17, 15) is 5.11 Å². The third kappa shape index (κ3) is 4.20. The normalized spacial score (nSPS) is 18.7. The molecule has 0 saturated carbocycles. The van der Waals surface area contributed by atoms with Crippen LogP contribution < -0.4 is 5.32 Å². The van der Waals surface area contributed by atoms with Gasteiger partial charge in [-0.05, 0) is 31.7 Å². The van der Waals surface area contributed by atoms with Gasteiger partial charge in [-0.25, -0.2) is 0 Å². The first kappa shape index (κ1) is 14.3. The molecule has 0 amide bonds. The van der Waals surface area contributed by atoms with Crippen molar-refractivity contribution in [2.75, 3.05) is 46.3 Å². The van der Waals surface area contributed by atoms with Gasteiger partial charge in [0.05, 0.1) is 0 Å². The van der Waals surface area contributed by atoms with Crippen molar-refractivity contribution in [2.24, 2.45) is 0 Å². The summed E-state index contributed by atoms with van der Waals surface area (Å²) in [7, 11) is 2.17. The van der Waals surface area contributed by atoms with E-state index in [0.29, 0.717) is 11.8 Å². The van der Waals surface area contributed by atoms with Crippen LogP contribution in [0.25, 0.3) is 0 Å². The smallest absolute Gasteiger partial charge is 0.115 e. The van der Waals surface area contributed by atoms with Crippen LogP contribution in [0.1, 0.15) is 18.5 Å². The number of piperazine rings is 1. The molecule has 0 spiro atoms. The van der Waals surface area contributed by atoms with E-state index in [2.05, 4.69) is 29.1 Å². The summed E-state index contributed by atoms with van der Waals surface area (Å²) in [4.78, 5) is 4.88. The second kappa shape index (κ2) is 6.89. The van der Waals surface area contributed by atoms with Crippen molar-refractivity contribution in [2.45, 2.75) is 13.0 Å². The zero-order valence-electron chi connectivity index (χ0n) is 12.0. The van der Waals surface area contributed by atoms with Crippen LogP contribution in [0.3, 0.4) is 0 Å². The lowest BCUT2D eigenvalue weighted by atomic mass is 10.1. The van der Waals surface area contributed by atoms with Crippen molar-refractivity contribution in [3.8, 4) is 5.75 Å². The number of aromatic hydroxyl groups is 1. The van der Waals surface area contributed by atoms with Crippen LogP contribution in [-0.4, -0.2) is 61.2 Å². The topological polar surface area (TPSA) is 38.7 Å². The van der Waals surface area contributed by atoms with Crippen LogP contribution in [0.2, 0.25) is 0 Å². The van der Waals surface area contributed by atoms with Gasteiger partial charge in [-0.3, -0.25) is 9.80 Å². The molecule has 4 heteroatoms. The highest BCUT2D eigenvalue weighted by Gasteiger charge is 2.14. The van der Waals surface area contributed by atoms with Crippen molar-refractivity contribution in [3.05, 3.63) is 29.8 Å². The molecule has 1 aromatic rings. The predicted octanol–water partition coefficient (Wildman–Crippen LogP) is 1.29. The molecule has 1 saturated heterocycles. The SMILES string of the molecule is CC(c1ccc(O)cc1)N(C)CCN1CCNCC1. The quantitative estimate of drug-likeness (QED) is 0.840. The largest absolute Gasteiger partial charge is 0.508 e. The standard InChI is InChI=1S/C15H25N3O/c1-13(14-3-5-15(19)6-4-14)17(2)11-12-18-9-7-16-8-10-18/h3-6,13,16,19H,7-12H2,1-2H3. The van der Waals surface area contributed by atoms with Crippen molar-refractivity contribution in [1.82, 2.24) is 15.1 Å². The van der Waals surface area contributed by atoms with Crippen LogP contribution in [0.5, 0.6) is 5.75 Å². The van der Waals surface area contributed by atoms with E-state index in [4.69, 9.17) is 0 Å². The Bertz CT molecular complexity index is 373. The molecule has 1 unspecified atom stereocenters. The summed E-state index contributed by atoms with van der Waals surface area (Å²) in [6.45, 7) is 8.93. The molecule has 4 nitrogen and oxygen atoms in total. The third-order valence-corrected chi connectivity index (χ3v) is 4.02. The number of nitrogens with one attached hydrogen (secondary N) is 1. The summed E-state index contributed by atoms with van der Waals surface area (Å²) < 4.78 is 0. The van der Waals surface area contributed by atoms with Crippen molar-refractivity contribution in [1.29, 1.82) is 0 Å². The first-order valence-electron chi connectivity index (χ1n) is 7.09. The van der Waals surface area contributed by atoms with Crippen LogP contribution in [-0.2, 0) is 0 Å². The van der Waals surface area contributed by atoms with Crippen molar-refractivity contribution < 1.29 is 5.11 Å². The fraction of sp³-hybridized carbons (Fsp3) is 0.600. The molecule has 2 rings (SSSR count). The summed E-state index contributed by atoms with van der Waals surface area (Å²) in [5.74, 6) is 0.333. The van der Waals surface area contributed by atoms with Gasteiger partial charge in [0.1, 0.15) is 5.75 Å². The van der Waals surface area contributed by atoms with Gasteiger partial charge in [0.25, 0.3) is 0 Å². The average Bonchev–Trinajstić information content (AvgIpc) is 2.46. The number of rotatable bonds is 5.